The third kappa shape index (κ3) is 2.88. The van der Waals surface area contributed by atoms with E-state index in [0.29, 0.717) is 17.9 Å². The highest BCUT2D eigenvalue weighted by Gasteiger charge is 2.05. The average Bonchev–Trinajstić information content (AvgIpc) is 2.76. The van der Waals surface area contributed by atoms with Crippen molar-refractivity contribution >= 4 is 11.3 Å². The van der Waals surface area contributed by atoms with Crippen LogP contribution in [0.5, 0.6) is 5.75 Å². The molecule has 0 aliphatic carbocycles. The van der Waals surface area contributed by atoms with Crippen LogP contribution in [0.15, 0.2) is 23.7 Å². The number of aryl methyl sites for hydroxylation is 2. The molecule has 3 nitrogen and oxygen atoms in total. The Hall–Kier alpha value is -1.86. The Labute approximate surface area is 111 Å². The van der Waals surface area contributed by atoms with Crippen molar-refractivity contribution in [2.45, 2.75) is 20.3 Å². The van der Waals surface area contributed by atoms with Crippen molar-refractivity contribution < 1.29 is 4.74 Å². The lowest BCUT2D eigenvalue weighted by molar-refractivity contribution is 0.321. The molecule has 2 aromatic rings. The minimum atomic E-state index is 0.571. The summed E-state index contributed by atoms with van der Waals surface area (Å²) in [6.07, 6.45) is 0.829. The van der Waals surface area contributed by atoms with E-state index in [0.717, 1.165) is 17.7 Å². The number of nitrogens with zero attached hydrogens (tertiary/aromatic N) is 2. The normalized spacial score (nSPS) is 10.1. The molecule has 0 saturated heterocycles. The second-order valence-electron chi connectivity index (χ2n) is 4.07. The number of aromatic nitrogens is 1. The van der Waals surface area contributed by atoms with E-state index in [1.807, 2.05) is 31.5 Å². The molecule has 0 bridgehead atoms. The zero-order valence-corrected chi connectivity index (χ0v) is 11.3. The Bertz CT molecular complexity index is 584. The van der Waals surface area contributed by atoms with Crippen LogP contribution in [0.25, 0.3) is 0 Å². The van der Waals surface area contributed by atoms with Crippen LogP contribution in [-0.4, -0.2) is 11.6 Å². The van der Waals surface area contributed by atoms with E-state index in [1.54, 1.807) is 17.4 Å². The zero-order chi connectivity index (χ0) is 13.0. The van der Waals surface area contributed by atoms with Gasteiger partial charge in [-0.15, -0.1) is 11.3 Å². The first-order chi connectivity index (χ1) is 8.70. The molecule has 0 atom stereocenters. The van der Waals surface area contributed by atoms with Crippen molar-refractivity contribution in [2.24, 2.45) is 0 Å². The van der Waals surface area contributed by atoms with Crippen LogP contribution in [0.3, 0.4) is 0 Å². The summed E-state index contributed by atoms with van der Waals surface area (Å²) in [6, 6.07) is 7.75. The van der Waals surface area contributed by atoms with Gasteiger partial charge in [0.15, 0.2) is 0 Å². The molecule has 0 N–H and O–H groups in total. The minimum Gasteiger partial charge on any atom is -0.492 e. The molecule has 0 fully saturated rings. The number of hydrogen-bond donors (Lipinski definition) is 0. The SMILES string of the molecule is Cc1ccc(C#N)c(OCCc2scnc2C)c1. The fourth-order valence-corrected chi connectivity index (χ4v) is 2.42. The second kappa shape index (κ2) is 5.65. The van der Waals surface area contributed by atoms with Crippen LogP contribution in [0.1, 0.15) is 21.7 Å². The zero-order valence-electron chi connectivity index (χ0n) is 10.4. The van der Waals surface area contributed by atoms with E-state index in [9.17, 15) is 0 Å². The van der Waals surface area contributed by atoms with Crippen molar-refractivity contribution in [3.05, 3.63) is 45.4 Å². The van der Waals surface area contributed by atoms with Crippen molar-refractivity contribution in [3.63, 3.8) is 0 Å². The van der Waals surface area contributed by atoms with E-state index in [1.165, 1.54) is 4.88 Å². The van der Waals surface area contributed by atoms with E-state index >= 15 is 0 Å². The molecule has 0 aliphatic heterocycles. The fraction of sp³-hybridized carbons (Fsp3) is 0.286. The molecular formula is C14H14N2OS. The van der Waals surface area contributed by atoms with Crippen LogP contribution in [0.2, 0.25) is 0 Å². The topological polar surface area (TPSA) is 45.9 Å². The quantitative estimate of drug-likeness (QED) is 0.845. The lowest BCUT2D eigenvalue weighted by Crippen LogP contribution is -2.02. The molecule has 0 radical (unpaired) electrons. The third-order valence-electron chi connectivity index (χ3n) is 2.69. The third-order valence-corrected chi connectivity index (χ3v) is 3.68. The van der Waals surface area contributed by atoms with Crippen LogP contribution >= 0.6 is 11.3 Å². The molecular weight excluding hydrogens is 244 g/mol. The lowest BCUT2D eigenvalue weighted by Gasteiger charge is -2.08. The van der Waals surface area contributed by atoms with Gasteiger partial charge in [0.25, 0.3) is 0 Å². The molecule has 4 heteroatoms. The van der Waals surface area contributed by atoms with Gasteiger partial charge in [-0.3, -0.25) is 0 Å². The van der Waals surface area contributed by atoms with Gasteiger partial charge in [-0.05, 0) is 31.5 Å². The number of nitriles is 1. The number of ether oxygens (including phenoxy) is 1. The number of rotatable bonds is 4. The summed E-state index contributed by atoms with van der Waals surface area (Å²) in [7, 11) is 0. The summed E-state index contributed by atoms with van der Waals surface area (Å²) in [5.41, 5.74) is 4.59. The summed E-state index contributed by atoms with van der Waals surface area (Å²) >= 11 is 1.64. The molecule has 0 aliphatic rings. The predicted molar refractivity (Wildman–Crippen MR) is 71.9 cm³/mol. The summed E-state index contributed by atoms with van der Waals surface area (Å²) in [6.45, 7) is 4.56. The fourth-order valence-electron chi connectivity index (χ4n) is 1.66. The largest absolute Gasteiger partial charge is 0.492 e. The molecule has 0 amide bonds. The van der Waals surface area contributed by atoms with E-state index in [-0.39, 0.29) is 0 Å². The maximum absolute atomic E-state index is 9.00. The van der Waals surface area contributed by atoms with E-state index in [4.69, 9.17) is 10.00 Å². The van der Waals surface area contributed by atoms with Crippen LogP contribution < -0.4 is 4.74 Å². The van der Waals surface area contributed by atoms with Crippen LogP contribution in [-0.2, 0) is 6.42 Å². The maximum atomic E-state index is 9.00. The number of thiazole rings is 1. The lowest BCUT2D eigenvalue weighted by atomic mass is 10.1. The molecule has 0 spiro atoms. The van der Waals surface area contributed by atoms with Gasteiger partial charge in [-0.2, -0.15) is 5.26 Å². The van der Waals surface area contributed by atoms with Gasteiger partial charge < -0.3 is 4.74 Å². The Morgan fingerprint density at radius 3 is 2.89 bits per heavy atom. The van der Waals surface area contributed by atoms with Crippen molar-refractivity contribution in [1.29, 1.82) is 5.26 Å². The standard InChI is InChI=1S/C14H14N2OS/c1-10-3-4-12(8-15)13(7-10)17-6-5-14-11(2)16-9-18-14/h3-4,7,9H,5-6H2,1-2H3. The summed E-state index contributed by atoms with van der Waals surface area (Å²) in [5.74, 6) is 0.666. The molecule has 1 aromatic heterocycles. The van der Waals surface area contributed by atoms with Crippen molar-refractivity contribution in [1.82, 2.24) is 4.98 Å². The summed E-state index contributed by atoms with van der Waals surface area (Å²) in [4.78, 5) is 5.44. The minimum absolute atomic E-state index is 0.571. The van der Waals surface area contributed by atoms with Gasteiger partial charge in [0.2, 0.25) is 0 Å². The highest BCUT2D eigenvalue weighted by atomic mass is 32.1. The molecule has 18 heavy (non-hydrogen) atoms. The van der Waals surface area contributed by atoms with Crippen molar-refractivity contribution in [2.75, 3.05) is 6.61 Å². The van der Waals surface area contributed by atoms with E-state index in [2.05, 4.69) is 11.1 Å². The monoisotopic (exact) mass is 258 g/mol. The Kier molecular flexibility index (Phi) is 3.96. The van der Waals surface area contributed by atoms with Gasteiger partial charge in [-0.25, -0.2) is 4.98 Å². The van der Waals surface area contributed by atoms with Gasteiger partial charge >= 0.3 is 0 Å². The average molecular weight is 258 g/mol. The Morgan fingerprint density at radius 1 is 1.39 bits per heavy atom. The molecule has 1 aromatic carbocycles. The van der Waals surface area contributed by atoms with Crippen LogP contribution in [0.4, 0.5) is 0 Å². The highest BCUT2D eigenvalue weighted by Crippen LogP contribution is 2.20. The van der Waals surface area contributed by atoms with Crippen LogP contribution in [0, 0.1) is 25.2 Å². The van der Waals surface area contributed by atoms with Gasteiger partial charge in [0.1, 0.15) is 11.8 Å². The molecule has 2 rings (SSSR count). The second-order valence-corrected chi connectivity index (χ2v) is 5.01. The first-order valence-electron chi connectivity index (χ1n) is 5.73. The summed E-state index contributed by atoms with van der Waals surface area (Å²) in [5, 5.41) is 9.00. The Morgan fingerprint density at radius 2 is 2.22 bits per heavy atom. The van der Waals surface area contributed by atoms with Gasteiger partial charge in [0.05, 0.1) is 23.4 Å². The Balaban J connectivity index is 2.00. The first kappa shape index (κ1) is 12.6. The van der Waals surface area contributed by atoms with E-state index < -0.39 is 0 Å². The highest BCUT2D eigenvalue weighted by molar-refractivity contribution is 7.09. The first-order valence-corrected chi connectivity index (χ1v) is 6.61. The number of benzene rings is 1. The van der Waals surface area contributed by atoms with Gasteiger partial charge in [0, 0.05) is 11.3 Å². The molecule has 1 heterocycles. The molecule has 92 valence electrons. The predicted octanol–water partition coefficient (Wildman–Crippen LogP) is 3.25. The summed E-state index contributed by atoms with van der Waals surface area (Å²) < 4.78 is 5.69. The smallest absolute Gasteiger partial charge is 0.137 e. The molecule has 0 unspecified atom stereocenters. The van der Waals surface area contributed by atoms with Gasteiger partial charge in [-0.1, -0.05) is 6.07 Å². The van der Waals surface area contributed by atoms with Crippen molar-refractivity contribution in [3.8, 4) is 11.8 Å². The molecule has 0 saturated carbocycles. The number of hydrogen-bond acceptors (Lipinski definition) is 4. The maximum Gasteiger partial charge on any atom is 0.137 e.